The first-order valence-corrected chi connectivity index (χ1v) is 5.36. The first kappa shape index (κ1) is 13.2. The molecule has 0 atom stereocenters. The Bertz CT molecular complexity index is 148. The third-order valence-corrected chi connectivity index (χ3v) is 1.72. The van der Waals surface area contributed by atoms with Crippen molar-refractivity contribution in [2.24, 2.45) is 4.99 Å². The van der Waals surface area contributed by atoms with E-state index in [0.717, 1.165) is 32.0 Å². The molecule has 0 aliphatic rings. The van der Waals surface area contributed by atoms with Crippen LogP contribution in [-0.2, 0) is 4.74 Å². The predicted molar refractivity (Wildman–Crippen MR) is 60.8 cm³/mol. The van der Waals surface area contributed by atoms with Crippen molar-refractivity contribution in [1.82, 2.24) is 10.6 Å². The van der Waals surface area contributed by atoms with Gasteiger partial charge < -0.3 is 15.4 Å². The molecule has 0 heterocycles. The van der Waals surface area contributed by atoms with Crippen molar-refractivity contribution in [3.63, 3.8) is 0 Å². The van der Waals surface area contributed by atoms with Gasteiger partial charge in [0.2, 0.25) is 0 Å². The van der Waals surface area contributed by atoms with Gasteiger partial charge in [0.25, 0.3) is 0 Å². The Morgan fingerprint density at radius 2 is 2.07 bits per heavy atom. The van der Waals surface area contributed by atoms with E-state index >= 15 is 0 Å². The lowest BCUT2D eigenvalue weighted by molar-refractivity contribution is 0.203. The standard InChI is InChI=1S/C10H23N3O/c1-4-6-7-12-10(11-5-2)13-8-9-14-3/h4-9H2,1-3H3,(H2,11,12,13). The zero-order valence-electron chi connectivity index (χ0n) is 9.60. The maximum atomic E-state index is 4.95. The van der Waals surface area contributed by atoms with Crippen LogP contribution in [-0.4, -0.2) is 39.3 Å². The van der Waals surface area contributed by atoms with Crippen LogP contribution in [0.3, 0.4) is 0 Å². The fourth-order valence-corrected chi connectivity index (χ4v) is 0.962. The Balaban J connectivity index is 3.69. The topological polar surface area (TPSA) is 45.7 Å². The molecule has 84 valence electrons. The largest absolute Gasteiger partial charge is 0.383 e. The summed E-state index contributed by atoms with van der Waals surface area (Å²) in [7, 11) is 1.70. The van der Waals surface area contributed by atoms with Crippen LogP contribution in [0.2, 0.25) is 0 Å². The SMILES string of the molecule is CCCCN=C(NCC)NCCOC. The quantitative estimate of drug-likeness (QED) is 0.367. The molecule has 0 aromatic carbocycles. The van der Waals surface area contributed by atoms with Crippen LogP contribution in [0, 0.1) is 0 Å². The molecule has 2 N–H and O–H groups in total. The van der Waals surface area contributed by atoms with Gasteiger partial charge in [0.15, 0.2) is 5.96 Å². The molecular weight excluding hydrogens is 178 g/mol. The van der Waals surface area contributed by atoms with E-state index in [0.29, 0.717) is 6.61 Å². The fraction of sp³-hybridized carbons (Fsp3) is 0.900. The van der Waals surface area contributed by atoms with Crippen molar-refractivity contribution in [3.05, 3.63) is 0 Å². The second-order valence-corrected chi connectivity index (χ2v) is 3.03. The van der Waals surface area contributed by atoms with Crippen molar-refractivity contribution in [2.75, 3.05) is 33.4 Å². The second kappa shape index (κ2) is 10.3. The monoisotopic (exact) mass is 201 g/mol. The number of guanidine groups is 1. The molecule has 0 aliphatic heterocycles. The number of rotatable bonds is 7. The summed E-state index contributed by atoms with van der Waals surface area (Å²) in [4.78, 5) is 4.41. The second-order valence-electron chi connectivity index (χ2n) is 3.03. The van der Waals surface area contributed by atoms with Crippen LogP contribution in [0.15, 0.2) is 4.99 Å². The van der Waals surface area contributed by atoms with Gasteiger partial charge in [0, 0.05) is 26.7 Å². The summed E-state index contributed by atoms with van der Waals surface area (Å²) in [5.74, 6) is 0.887. The number of unbranched alkanes of at least 4 members (excludes halogenated alkanes) is 1. The van der Waals surface area contributed by atoms with E-state index in [-0.39, 0.29) is 0 Å². The highest BCUT2D eigenvalue weighted by Crippen LogP contribution is 1.86. The summed E-state index contributed by atoms with van der Waals surface area (Å²) in [5, 5.41) is 6.38. The molecule has 4 nitrogen and oxygen atoms in total. The average Bonchev–Trinajstić information content (AvgIpc) is 2.18. The smallest absolute Gasteiger partial charge is 0.191 e. The Hall–Kier alpha value is -0.770. The van der Waals surface area contributed by atoms with Gasteiger partial charge in [-0.15, -0.1) is 0 Å². The molecule has 14 heavy (non-hydrogen) atoms. The van der Waals surface area contributed by atoms with E-state index in [9.17, 15) is 0 Å². The summed E-state index contributed by atoms with van der Waals surface area (Å²) in [6, 6.07) is 0. The van der Waals surface area contributed by atoms with Crippen LogP contribution in [0.4, 0.5) is 0 Å². The molecule has 0 saturated heterocycles. The van der Waals surface area contributed by atoms with E-state index in [1.54, 1.807) is 7.11 Å². The first-order valence-electron chi connectivity index (χ1n) is 5.36. The minimum atomic E-state index is 0.707. The molecule has 0 unspecified atom stereocenters. The summed E-state index contributed by atoms with van der Waals surface area (Å²) in [6.07, 6.45) is 2.32. The summed E-state index contributed by atoms with van der Waals surface area (Å²) in [6.45, 7) is 7.52. The number of hydrogen-bond donors (Lipinski definition) is 2. The van der Waals surface area contributed by atoms with E-state index < -0.39 is 0 Å². The molecule has 0 radical (unpaired) electrons. The van der Waals surface area contributed by atoms with E-state index in [2.05, 4.69) is 29.5 Å². The Morgan fingerprint density at radius 3 is 2.64 bits per heavy atom. The number of nitrogens with zero attached hydrogens (tertiary/aromatic N) is 1. The minimum Gasteiger partial charge on any atom is -0.383 e. The van der Waals surface area contributed by atoms with E-state index in [1.165, 1.54) is 6.42 Å². The molecule has 4 heteroatoms. The Morgan fingerprint density at radius 1 is 1.29 bits per heavy atom. The number of nitrogens with one attached hydrogen (secondary N) is 2. The maximum absolute atomic E-state index is 4.95. The van der Waals surface area contributed by atoms with Gasteiger partial charge >= 0.3 is 0 Å². The lowest BCUT2D eigenvalue weighted by Gasteiger charge is -2.10. The van der Waals surface area contributed by atoms with E-state index in [4.69, 9.17) is 4.74 Å². The van der Waals surface area contributed by atoms with Gasteiger partial charge in [0.05, 0.1) is 6.61 Å². The third kappa shape index (κ3) is 7.86. The molecule has 0 aliphatic carbocycles. The van der Waals surface area contributed by atoms with Crippen molar-refractivity contribution in [2.45, 2.75) is 26.7 Å². The molecule has 0 aromatic heterocycles. The normalized spacial score (nSPS) is 11.5. The number of methoxy groups -OCH3 is 1. The first-order chi connectivity index (χ1) is 6.85. The van der Waals surface area contributed by atoms with Crippen LogP contribution < -0.4 is 10.6 Å². The molecule has 0 saturated carbocycles. The predicted octanol–water partition coefficient (Wildman–Crippen LogP) is 0.988. The highest BCUT2D eigenvalue weighted by Gasteiger charge is 1.94. The van der Waals surface area contributed by atoms with Gasteiger partial charge in [-0.05, 0) is 13.3 Å². The summed E-state index contributed by atoms with van der Waals surface area (Å²) in [5.41, 5.74) is 0. The molecular formula is C10H23N3O. The Labute approximate surface area is 87.1 Å². The lowest BCUT2D eigenvalue weighted by atomic mass is 10.3. The molecule has 0 spiro atoms. The average molecular weight is 201 g/mol. The molecule has 0 fully saturated rings. The zero-order chi connectivity index (χ0) is 10.6. The number of hydrogen-bond acceptors (Lipinski definition) is 2. The Kier molecular flexibility index (Phi) is 9.74. The van der Waals surface area contributed by atoms with Gasteiger partial charge in [0.1, 0.15) is 0 Å². The van der Waals surface area contributed by atoms with Crippen molar-refractivity contribution < 1.29 is 4.74 Å². The van der Waals surface area contributed by atoms with Gasteiger partial charge in [-0.2, -0.15) is 0 Å². The fourth-order valence-electron chi connectivity index (χ4n) is 0.962. The minimum absolute atomic E-state index is 0.707. The van der Waals surface area contributed by atoms with Crippen LogP contribution in [0.25, 0.3) is 0 Å². The van der Waals surface area contributed by atoms with Gasteiger partial charge in [-0.25, -0.2) is 0 Å². The zero-order valence-corrected chi connectivity index (χ0v) is 9.60. The molecule has 0 amide bonds. The van der Waals surface area contributed by atoms with Crippen LogP contribution in [0.5, 0.6) is 0 Å². The lowest BCUT2D eigenvalue weighted by Crippen LogP contribution is -2.39. The number of aliphatic imine (C=N–C) groups is 1. The van der Waals surface area contributed by atoms with Crippen LogP contribution >= 0.6 is 0 Å². The summed E-state index contributed by atoms with van der Waals surface area (Å²) < 4.78 is 4.95. The van der Waals surface area contributed by atoms with Crippen molar-refractivity contribution in [1.29, 1.82) is 0 Å². The molecule has 0 bridgehead atoms. The number of ether oxygens (including phenoxy) is 1. The summed E-state index contributed by atoms with van der Waals surface area (Å²) >= 11 is 0. The van der Waals surface area contributed by atoms with Crippen molar-refractivity contribution in [3.8, 4) is 0 Å². The van der Waals surface area contributed by atoms with E-state index in [1.807, 2.05) is 0 Å². The van der Waals surface area contributed by atoms with Crippen LogP contribution in [0.1, 0.15) is 26.7 Å². The highest BCUT2D eigenvalue weighted by molar-refractivity contribution is 5.79. The van der Waals surface area contributed by atoms with Gasteiger partial charge in [-0.1, -0.05) is 13.3 Å². The highest BCUT2D eigenvalue weighted by atomic mass is 16.5. The third-order valence-electron chi connectivity index (χ3n) is 1.72. The maximum Gasteiger partial charge on any atom is 0.191 e. The van der Waals surface area contributed by atoms with Gasteiger partial charge in [-0.3, -0.25) is 4.99 Å². The molecule has 0 rings (SSSR count). The van der Waals surface area contributed by atoms with Crippen molar-refractivity contribution >= 4 is 5.96 Å². The molecule has 0 aromatic rings.